The number of hydrogen-bond donors (Lipinski definition) is 0. The summed E-state index contributed by atoms with van der Waals surface area (Å²) >= 11 is 8.84. The topological polar surface area (TPSA) is 36.7 Å². The normalized spacial score (nSPS) is 14.7. The largest absolute Gasteiger partial charge is 0.254 e. The molecular weight excluding hydrogens is 258 g/mol. The van der Waals surface area contributed by atoms with Crippen molar-refractivity contribution in [1.82, 2.24) is 4.98 Å². The lowest BCUT2D eigenvalue weighted by Gasteiger charge is -2.11. The smallest absolute Gasteiger partial charge is 0.236 e. The molecule has 13 heavy (non-hydrogen) atoms. The number of halogens is 3. The Kier molecular flexibility index (Phi) is 2.89. The highest BCUT2D eigenvalue weighted by Gasteiger charge is 2.29. The Morgan fingerprint density at radius 1 is 1.77 bits per heavy atom. The molecule has 0 aromatic carbocycles. The summed E-state index contributed by atoms with van der Waals surface area (Å²) in [7, 11) is 0. The number of pyridine rings is 1. The van der Waals surface area contributed by atoms with Gasteiger partial charge in [0.05, 0.1) is 5.02 Å². The molecule has 1 aromatic rings. The molecule has 0 N–H and O–H groups in total. The molecule has 1 aromatic heterocycles. The molecule has 0 aliphatic heterocycles. The van der Waals surface area contributed by atoms with E-state index in [1.165, 1.54) is 18.3 Å². The monoisotopic (exact) mass is 262 g/mol. The Morgan fingerprint density at radius 3 is 2.85 bits per heavy atom. The van der Waals surface area contributed by atoms with E-state index in [9.17, 15) is 4.39 Å². The van der Waals surface area contributed by atoms with Gasteiger partial charge in [-0.25, -0.2) is 4.39 Å². The van der Waals surface area contributed by atoms with Crippen molar-refractivity contribution in [2.24, 2.45) is 0 Å². The van der Waals surface area contributed by atoms with Crippen LogP contribution in [0.15, 0.2) is 16.7 Å². The second kappa shape index (κ2) is 3.60. The Hall–Kier alpha value is -0.660. The van der Waals surface area contributed by atoms with Crippen molar-refractivity contribution in [1.29, 1.82) is 5.26 Å². The summed E-state index contributed by atoms with van der Waals surface area (Å²) in [5.74, 6) is 0. The molecular formula is C8H5BrClFN2. The van der Waals surface area contributed by atoms with Crippen molar-refractivity contribution in [3.63, 3.8) is 0 Å². The van der Waals surface area contributed by atoms with Crippen molar-refractivity contribution in [2.45, 2.75) is 12.6 Å². The van der Waals surface area contributed by atoms with E-state index in [2.05, 4.69) is 20.9 Å². The number of nitrogens with zero attached hydrogens (tertiary/aromatic N) is 2. The second-order valence-corrected chi connectivity index (χ2v) is 3.92. The average molecular weight is 263 g/mol. The molecule has 1 heterocycles. The quantitative estimate of drug-likeness (QED) is 0.780. The first-order valence-electron chi connectivity index (χ1n) is 3.39. The lowest BCUT2D eigenvalue weighted by Crippen LogP contribution is -2.14. The van der Waals surface area contributed by atoms with Gasteiger partial charge in [0, 0.05) is 10.7 Å². The number of nitriles is 1. The minimum absolute atomic E-state index is 0.0557. The van der Waals surface area contributed by atoms with Crippen LogP contribution in [0.25, 0.3) is 0 Å². The van der Waals surface area contributed by atoms with Gasteiger partial charge < -0.3 is 0 Å². The zero-order chi connectivity index (χ0) is 10.1. The van der Waals surface area contributed by atoms with Gasteiger partial charge in [-0.1, -0.05) is 11.6 Å². The van der Waals surface area contributed by atoms with Crippen LogP contribution in [0, 0.1) is 11.3 Å². The van der Waals surface area contributed by atoms with Gasteiger partial charge in [-0.15, -0.1) is 0 Å². The molecule has 0 unspecified atom stereocenters. The molecule has 68 valence electrons. The second-order valence-electron chi connectivity index (χ2n) is 2.60. The van der Waals surface area contributed by atoms with E-state index >= 15 is 0 Å². The minimum atomic E-state index is -2.14. The van der Waals surface area contributed by atoms with Gasteiger partial charge >= 0.3 is 0 Å². The molecule has 0 radical (unpaired) electrons. The summed E-state index contributed by atoms with van der Waals surface area (Å²) in [4.78, 5) is 3.74. The average Bonchev–Trinajstić information content (AvgIpc) is 2.03. The van der Waals surface area contributed by atoms with E-state index < -0.39 is 5.67 Å². The van der Waals surface area contributed by atoms with Gasteiger partial charge in [-0.05, 0) is 28.9 Å². The van der Waals surface area contributed by atoms with Crippen LogP contribution >= 0.6 is 27.5 Å². The van der Waals surface area contributed by atoms with Gasteiger partial charge in [0.1, 0.15) is 11.8 Å². The highest BCUT2D eigenvalue weighted by molar-refractivity contribution is 9.10. The maximum Gasteiger partial charge on any atom is 0.236 e. The molecule has 5 heteroatoms. The molecule has 2 nitrogen and oxygen atoms in total. The van der Waals surface area contributed by atoms with Crippen molar-refractivity contribution < 1.29 is 4.39 Å². The predicted molar refractivity (Wildman–Crippen MR) is 51.0 cm³/mol. The summed E-state index contributed by atoms with van der Waals surface area (Å²) in [5, 5.41) is 8.65. The fraction of sp³-hybridized carbons (Fsp3) is 0.250. The minimum Gasteiger partial charge on any atom is -0.254 e. The van der Waals surface area contributed by atoms with E-state index in [0.717, 1.165) is 6.92 Å². The zero-order valence-electron chi connectivity index (χ0n) is 6.68. The highest BCUT2D eigenvalue weighted by atomic mass is 79.9. The maximum absolute atomic E-state index is 13.4. The molecule has 0 aliphatic rings. The van der Waals surface area contributed by atoms with Crippen LogP contribution in [-0.4, -0.2) is 4.98 Å². The molecule has 0 saturated heterocycles. The third-order valence-electron chi connectivity index (χ3n) is 1.46. The van der Waals surface area contributed by atoms with Gasteiger partial charge in [0.25, 0.3) is 0 Å². The molecule has 0 fully saturated rings. The van der Waals surface area contributed by atoms with E-state index in [4.69, 9.17) is 16.9 Å². The van der Waals surface area contributed by atoms with Crippen molar-refractivity contribution in [3.05, 3.63) is 27.5 Å². The predicted octanol–water partition coefficient (Wildman–Crippen LogP) is 3.21. The molecule has 0 saturated carbocycles. The van der Waals surface area contributed by atoms with Gasteiger partial charge in [0.15, 0.2) is 0 Å². The molecule has 1 rings (SSSR count). The third kappa shape index (κ3) is 2.17. The van der Waals surface area contributed by atoms with Gasteiger partial charge in [-0.3, -0.25) is 4.98 Å². The van der Waals surface area contributed by atoms with E-state index in [1.807, 2.05) is 0 Å². The highest BCUT2D eigenvalue weighted by Crippen LogP contribution is 2.30. The van der Waals surface area contributed by atoms with Crippen LogP contribution in [0.4, 0.5) is 4.39 Å². The summed E-state index contributed by atoms with van der Waals surface area (Å²) in [6.45, 7) is 1.12. The number of hydrogen-bond acceptors (Lipinski definition) is 2. The van der Waals surface area contributed by atoms with Crippen LogP contribution in [0.5, 0.6) is 0 Å². The lowest BCUT2D eigenvalue weighted by molar-refractivity contribution is 0.266. The Labute approximate surface area is 88.5 Å². The fourth-order valence-corrected chi connectivity index (χ4v) is 1.62. The molecule has 0 aliphatic carbocycles. The van der Waals surface area contributed by atoms with Crippen LogP contribution in [0.1, 0.15) is 12.6 Å². The summed E-state index contributed by atoms with van der Waals surface area (Å²) in [5.41, 5.74) is -2.20. The molecule has 0 amide bonds. The molecule has 0 bridgehead atoms. The number of alkyl halides is 1. The maximum atomic E-state index is 13.4. The first-order valence-corrected chi connectivity index (χ1v) is 4.56. The van der Waals surface area contributed by atoms with Crippen LogP contribution in [0.3, 0.4) is 0 Å². The Morgan fingerprint density at radius 2 is 2.38 bits per heavy atom. The first kappa shape index (κ1) is 10.4. The van der Waals surface area contributed by atoms with Crippen LogP contribution in [-0.2, 0) is 5.67 Å². The zero-order valence-corrected chi connectivity index (χ0v) is 9.02. The van der Waals surface area contributed by atoms with Gasteiger partial charge in [0.2, 0.25) is 5.67 Å². The molecule has 1 atom stereocenters. The number of aromatic nitrogens is 1. The SMILES string of the molecule is C[C@](F)(C#N)c1ncc(Br)cc1Cl. The summed E-state index contributed by atoms with van der Waals surface area (Å²) < 4.78 is 14.1. The third-order valence-corrected chi connectivity index (χ3v) is 2.18. The first-order chi connectivity index (χ1) is 5.97. The fourth-order valence-electron chi connectivity index (χ4n) is 0.813. The lowest BCUT2D eigenvalue weighted by atomic mass is 10.1. The van der Waals surface area contributed by atoms with E-state index in [1.54, 1.807) is 0 Å². The van der Waals surface area contributed by atoms with Crippen LogP contribution < -0.4 is 0 Å². The standard InChI is InChI=1S/C8H5BrClFN2/c1-8(11,4-12)7-6(10)2-5(9)3-13-7/h2-3H,1H3/t8-/m0/s1. The van der Waals surface area contributed by atoms with E-state index in [0.29, 0.717) is 4.47 Å². The summed E-state index contributed by atoms with van der Waals surface area (Å²) in [6.07, 6.45) is 1.40. The van der Waals surface area contributed by atoms with Crippen molar-refractivity contribution in [2.75, 3.05) is 0 Å². The Bertz CT molecular complexity index is 373. The Balaban J connectivity index is 3.26. The number of rotatable bonds is 1. The van der Waals surface area contributed by atoms with Gasteiger partial charge in [-0.2, -0.15) is 5.26 Å². The summed E-state index contributed by atoms with van der Waals surface area (Å²) in [6, 6.07) is 2.99. The van der Waals surface area contributed by atoms with Crippen LogP contribution in [0.2, 0.25) is 5.02 Å². The van der Waals surface area contributed by atoms with Crippen molar-refractivity contribution in [3.8, 4) is 6.07 Å². The van der Waals surface area contributed by atoms with Crippen molar-refractivity contribution >= 4 is 27.5 Å². The molecule has 0 spiro atoms. The van der Waals surface area contributed by atoms with E-state index in [-0.39, 0.29) is 10.7 Å².